The molecule has 8 heteroatoms. The van der Waals surface area contributed by atoms with Crippen molar-refractivity contribution in [3.05, 3.63) is 28.5 Å². The van der Waals surface area contributed by atoms with Gasteiger partial charge < -0.3 is 20.1 Å². The fourth-order valence-electron chi connectivity index (χ4n) is 3.18. The minimum atomic E-state index is -0.907. The molecule has 1 saturated heterocycles. The van der Waals surface area contributed by atoms with Gasteiger partial charge in [0.15, 0.2) is 0 Å². The van der Waals surface area contributed by atoms with E-state index in [9.17, 15) is 14.0 Å². The third-order valence-electron chi connectivity index (χ3n) is 4.61. The van der Waals surface area contributed by atoms with Crippen LogP contribution in [-0.2, 0) is 4.74 Å². The van der Waals surface area contributed by atoms with Gasteiger partial charge in [0, 0.05) is 19.1 Å². The summed E-state index contributed by atoms with van der Waals surface area (Å²) in [5.74, 6) is -1.09. The van der Waals surface area contributed by atoms with Crippen molar-refractivity contribution < 1.29 is 23.8 Å². The third kappa shape index (κ3) is 4.54. The van der Waals surface area contributed by atoms with Gasteiger partial charge in [0.2, 0.25) is 0 Å². The minimum Gasteiger partial charge on any atom is -0.465 e. The van der Waals surface area contributed by atoms with E-state index in [2.05, 4.69) is 10.1 Å². The first-order valence-electron chi connectivity index (χ1n) is 8.19. The summed E-state index contributed by atoms with van der Waals surface area (Å²) >= 11 is 6.04. The van der Waals surface area contributed by atoms with Gasteiger partial charge in [0.25, 0.3) is 0 Å². The number of halogens is 2. The van der Waals surface area contributed by atoms with E-state index in [1.165, 1.54) is 18.1 Å². The Kier molecular flexibility index (Phi) is 6.47. The van der Waals surface area contributed by atoms with Crippen LogP contribution in [0.2, 0.25) is 5.02 Å². The number of likely N-dealkylation sites (tertiary alicyclic amines) is 1. The molecular formula is C17H22ClFN2O4. The molecule has 6 nitrogen and oxygen atoms in total. The maximum absolute atomic E-state index is 14.0. The highest BCUT2D eigenvalue weighted by Crippen LogP contribution is 2.31. The summed E-state index contributed by atoms with van der Waals surface area (Å²) in [7, 11) is 1.23. The van der Waals surface area contributed by atoms with Crippen LogP contribution in [0.1, 0.15) is 36.5 Å². The Morgan fingerprint density at radius 3 is 2.60 bits per heavy atom. The number of ether oxygens (including phenoxy) is 1. The summed E-state index contributed by atoms with van der Waals surface area (Å²) in [6.45, 7) is 2.95. The molecule has 0 aromatic heterocycles. The zero-order valence-corrected chi connectivity index (χ0v) is 15.0. The third-order valence-corrected chi connectivity index (χ3v) is 4.99. The number of nitrogens with zero attached hydrogens (tertiary/aromatic N) is 1. The molecule has 1 aromatic rings. The number of amides is 1. The lowest BCUT2D eigenvalue weighted by molar-refractivity contribution is 0.0600. The van der Waals surface area contributed by atoms with Crippen molar-refractivity contribution in [3.63, 3.8) is 0 Å². The summed E-state index contributed by atoms with van der Waals surface area (Å²) in [5, 5.41) is 12.2. The number of hydrogen-bond donors (Lipinski definition) is 2. The number of esters is 1. The molecular weight excluding hydrogens is 351 g/mol. The molecule has 1 fully saturated rings. The number of hydrogen-bond acceptors (Lipinski definition) is 4. The van der Waals surface area contributed by atoms with Crippen LogP contribution in [0.5, 0.6) is 0 Å². The number of carbonyl (C=O) groups excluding carboxylic acids is 1. The first-order chi connectivity index (χ1) is 11.9. The van der Waals surface area contributed by atoms with E-state index in [4.69, 9.17) is 16.7 Å². The van der Waals surface area contributed by atoms with Crippen molar-refractivity contribution in [3.8, 4) is 0 Å². The standard InChI is InChI=1S/C17H22ClFN2O4/c1-3-13(10-4-6-21(7-5-10)17(23)24)20-14-9-11(16(22)25-2)8-12(19)15(14)18/h8-10,13,20H,3-7H2,1-2H3,(H,23,24)/t13-/m0/s1. The Balaban J connectivity index is 2.15. The van der Waals surface area contributed by atoms with E-state index in [1.807, 2.05) is 6.92 Å². The summed E-state index contributed by atoms with van der Waals surface area (Å²) in [6.07, 6.45) is 1.29. The lowest BCUT2D eigenvalue weighted by atomic mass is 9.88. The first kappa shape index (κ1) is 19.3. The second kappa shape index (κ2) is 8.38. The van der Waals surface area contributed by atoms with Crippen LogP contribution in [0.25, 0.3) is 0 Å². The number of carboxylic acid groups (broad SMARTS) is 1. The number of nitrogens with one attached hydrogen (secondary N) is 1. The van der Waals surface area contributed by atoms with Crippen LogP contribution < -0.4 is 5.32 Å². The van der Waals surface area contributed by atoms with Crippen molar-refractivity contribution in [2.75, 3.05) is 25.5 Å². The molecule has 1 aromatic carbocycles. The Morgan fingerprint density at radius 2 is 2.08 bits per heavy atom. The minimum absolute atomic E-state index is 0.000687. The summed E-state index contributed by atoms with van der Waals surface area (Å²) in [5.41, 5.74) is 0.428. The van der Waals surface area contributed by atoms with Crippen LogP contribution >= 0.6 is 11.6 Å². The highest BCUT2D eigenvalue weighted by atomic mass is 35.5. The van der Waals surface area contributed by atoms with Gasteiger partial charge in [-0.15, -0.1) is 0 Å². The molecule has 1 aliphatic rings. The molecule has 0 bridgehead atoms. The molecule has 1 atom stereocenters. The topological polar surface area (TPSA) is 78.9 Å². The van der Waals surface area contributed by atoms with Crippen molar-refractivity contribution in [1.82, 2.24) is 4.90 Å². The van der Waals surface area contributed by atoms with Crippen LogP contribution in [0.3, 0.4) is 0 Å². The van der Waals surface area contributed by atoms with Crippen LogP contribution in [0.15, 0.2) is 12.1 Å². The maximum Gasteiger partial charge on any atom is 0.407 e. The smallest absolute Gasteiger partial charge is 0.407 e. The van der Waals surface area contributed by atoms with Gasteiger partial charge in [-0.2, -0.15) is 0 Å². The van der Waals surface area contributed by atoms with E-state index < -0.39 is 17.9 Å². The number of anilines is 1. The molecule has 1 amide bonds. The van der Waals surface area contributed by atoms with Crippen LogP contribution in [0.4, 0.5) is 14.9 Å². The monoisotopic (exact) mass is 372 g/mol. The molecule has 0 unspecified atom stereocenters. The Hall–Kier alpha value is -2.02. The highest BCUT2D eigenvalue weighted by Gasteiger charge is 2.28. The lowest BCUT2D eigenvalue weighted by Crippen LogP contribution is -2.42. The van der Waals surface area contributed by atoms with Crippen molar-refractivity contribution >= 4 is 29.4 Å². The van der Waals surface area contributed by atoms with Gasteiger partial charge in [-0.1, -0.05) is 18.5 Å². The zero-order valence-electron chi connectivity index (χ0n) is 14.2. The van der Waals surface area contributed by atoms with Crippen LogP contribution in [-0.4, -0.2) is 48.3 Å². The highest BCUT2D eigenvalue weighted by molar-refractivity contribution is 6.33. The summed E-state index contributed by atoms with van der Waals surface area (Å²) < 4.78 is 18.7. The van der Waals surface area contributed by atoms with Gasteiger partial charge in [-0.25, -0.2) is 14.0 Å². The molecule has 0 spiro atoms. The maximum atomic E-state index is 14.0. The van der Waals surface area contributed by atoms with Gasteiger partial charge >= 0.3 is 12.1 Å². The Bertz CT molecular complexity index is 648. The van der Waals surface area contributed by atoms with Gasteiger partial charge in [-0.05, 0) is 37.3 Å². The number of rotatable bonds is 5. The van der Waals surface area contributed by atoms with Gasteiger partial charge in [0.05, 0.1) is 23.4 Å². The predicted molar refractivity (Wildman–Crippen MR) is 92.8 cm³/mol. The average molecular weight is 373 g/mol. The van der Waals surface area contributed by atoms with Gasteiger partial charge in [-0.3, -0.25) is 0 Å². The second-order valence-corrected chi connectivity index (χ2v) is 6.46. The molecule has 0 aliphatic carbocycles. The normalized spacial score (nSPS) is 16.4. The number of benzene rings is 1. The predicted octanol–water partition coefficient (Wildman–Crippen LogP) is 3.85. The fraction of sp³-hybridized carbons (Fsp3) is 0.529. The molecule has 138 valence electrons. The van der Waals surface area contributed by atoms with E-state index in [1.54, 1.807) is 0 Å². The number of methoxy groups -OCH3 is 1. The fourth-order valence-corrected chi connectivity index (χ4v) is 3.34. The lowest BCUT2D eigenvalue weighted by Gasteiger charge is -2.35. The molecule has 1 aliphatic heterocycles. The van der Waals surface area contributed by atoms with Crippen molar-refractivity contribution in [2.24, 2.45) is 5.92 Å². The van der Waals surface area contributed by atoms with E-state index in [-0.39, 0.29) is 22.5 Å². The molecule has 25 heavy (non-hydrogen) atoms. The van der Waals surface area contributed by atoms with Crippen molar-refractivity contribution in [1.29, 1.82) is 0 Å². The Labute approximate surface area is 150 Å². The molecule has 2 rings (SSSR count). The number of piperidine rings is 1. The summed E-state index contributed by atoms with van der Waals surface area (Å²) in [6, 6.07) is 2.53. The molecule has 1 heterocycles. The summed E-state index contributed by atoms with van der Waals surface area (Å²) in [4.78, 5) is 24.1. The van der Waals surface area contributed by atoms with E-state index >= 15 is 0 Å². The molecule has 0 saturated carbocycles. The van der Waals surface area contributed by atoms with E-state index in [0.29, 0.717) is 31.6 Å². The Morgan fingerprint density at radius 1 is 1.44 bits per heavy atom. The van der Waals surface area contributed by atoms with Crippen molar-refractivity contribution in [2.45, 2.75) is 32.2 Å². The zero-order chi connectivity index (χ0) is 18.6. The molecule has 0 radical (unpaired) electrons. The molecule has 2 N–H and O–H groups in total. The second-order valence-electron chi connectivity index (χ2n) is 6.08. The first-order valence-corrected chi connectivity index (χ1v) is 8.56. The van der Waals surface area contributed by atoms with Gasteiger partial charge in [0.1, 0.15) is 5.82 Å². The number of carbonyl (C=O) groups is 2. The van der Waals surface area contributed by atoms with Crippen LogP contribution in [0, 0.1) is 11.7 Å². The quantitative estimate of drug-likeness (QED) is 0.767. The SMILES string of the molecule is CC[C@H](Nc1cc(C(=O)OC)cc(F)c1Cl)C1CCN(C(=O)O)CC1. The average Bonchev–Trinajstić information content (AvgIpc) is 2.62. The largest absolute Gasteiger partial charge is 0.465 e. The van der Waals surface area contributed by atoms with E-state index in [0.717, 1.165) is 12.5 Å².